The molecule has 0 unspecified atom stereocenters. The zero-order valence-electron chi connectivity index (χ0n) is 16.2. The highest BCUT2D eigenvalue weighted by molar-refractivity contribution is 5.48. The molecule has 0 aromatic heterocycles. The van der Waals surface area contributed by atoms with Crippen LogP contribution >= 0.6 is 0 Å². The molecular formula is C23H31NO2. The molecule has 3 rings (SSSR count). The zero-order valence-corrected chi connectivity index (χ0v) is 16.2. The van der Waals surface area contributed by atoms with Gasteiger partial charge in [0, 0.05) is 13.1 Å². The first-order chi connectivity index (χ1) is 12.8. The van der Waals surface area contributed by atoms with Crippen molar-refractivity contribution in [3.05, 3.63) is 59.2 Å². The van der Waals surface area contributed by atoms with Crippen LogP contribution in [-0.2, 0) is 19.6 Å². The van der Waals surface area contributed by atoms with Crippen LogP contribution < -0.4 is 9.47 Å². The fraction of sp³-hybridized carbons (Fsp3) is 0.478. The van der Waals surface area contributed by atoms with E-state index in [9.17, 15) is 0 Å². The molecule has 0 spiro atoms. The van der Waals surface area contributed by atoms with Crippen molar-refractivity contribution in [3.8, 4) is 11.5 Å². The normalized spacial score (nSPS) is 14.1. The molecule has 0 saturated carbocycles. The van der Waals surface area contributed by atoms with Crippen molar-refractivity contribution < 1.29 is 9.47 Å². The van der Waals surface area contributed by atoms with Gasteiger partial charge in [0.05, 0.1) is 6.61 Å². The highest BCUT2D eigenvalue weighted by Gasteiger charge is 2.19. The lowest BCUT2D eigenvalue weighted by Gasteiger charge is -2.29. The predicted octanol–water partition coefficient (Wildman–Crippen LogP) is 5.21. The molecular weight excluding hydrogens is 322 g/mol. The third kappa shape index (κ3) is 5.01. The Labute approximate surface area is 157 Å². The summed E-state index contributed by atoms with van der Waals surface area (Å²) in [6.07, 6.45) is 4.98. The van der Waals surface area contributed by atoms with Crippen LogP contribution in [0.2, 0.25) is 0 Å². The van der Waals surface area contributed by atoms with Gasteiger partial charge in [0.1, 0.15) is 6.61 Å². The largest absolute Gasteiger partial charge is 0.490 e. The second-order valence-electron chi connectivity index (χ2n) is 7.01. The van der Waals surface area contributed by atoms with Crippen LogP contribution in [0.25, 0.3) is 0 Å². The van der Waals surface area contributed by atoms with Crippen molar-refractivity contribution in [2.75, 3.05) is 19.7 Å². The highest BCUT2D eigenvalue weighted by atomic mass is 16.5. The third-order valence-electron chi connectivity index (χ3n) is 4.97. The minimum atomic E-state index is 0.572. The molecule has 140 valence electrons. The van der Waals surface area contributed by atoms with Crippen LogP contribution in [-0.4, -0.2) is 24.6 Å². The van der Waals surface area contributed by atoms with Gasteiger partial charge in [-0.25, -0.2) is 0 Å². The van der Waals surface area contributed by atoms with E-state index in [-0.39, 0.29) is 0 Å². The molecule has 26 heavy (non-hydrogen) atoms. The quantitative estimate of drug-likeness (QED) is 0.577. The number of benzene rings is 2. The molecule has 2 aromatic rings. The molecule has 2 aromatic carbocycles. The Morgan fingerprint density at radius 2 is 1.69 bits per heavy atom. The van der Waals surface area contributed by atoms with Gasteiger partial charge in [-0.3, -0.25) is 4.90 Å². The van der Waals surface area contributed by atoms with Crippen LogP contribution in [0.15, 0.2) is 42.5 Å². The maximum atomic E-state index is 6.11. The zero-order chi connectivity index (χ0) is 18.2. The van der Waals surface area contributed by atoms with Crippen LogP contribution in [0.3, 0.4) is 0 Å². The Balaban J connectivity index is 1.71. The molecule has 0 aliphatic carbocycles. The van der Waals surface area contributed by atoms with E-state index in [1.807, 2.05) is 25.1 Å². The van der Waals surface area contributed by atoms with Crippen LogP contribution in [0.4, 0.5) is 0 Å². The van der Waals surface area contributed by atoms with Gasteiger partial charge in [-0.15, -0.1) is 0 Å². The van der Waals surface area contributed by atoms with Crippen LogP contribution in [0, 0.1) is 0 Å². The monoisotopic (exact) mass is 353 g/mol. The molecule has 3 heteroatoms. The number of hydrogen-bond acceptors (Lipinski definition) is 3. The second kappa shape index (κ2) is 9.63. The summed E-state index contributed by atoms with van der Waals surface area (Å²) in [7, 11) is 0. The van der Waals surface area contributed by atoms with Crippen molar-refractivity contribution in [2.45, 2.75) is 52.7 Å². The predicted molar refractivity (Wildman–Crippen MR) is 107 cm³/mol. The minimum absolute atomic E-state index is 0.572. The van der Waals surface area contributed by atoms with E-state index in [1.165, 1.54) is 42.5 Å². The van der Waals surface area contributed by atoms with E-state index in [1.54, 1.807) is 0 Å². The topological polar surface area (TPSA) is 21.7 Å². The lowest BCUT2D eigenvalue weighted by molar-refractivity contribution is 0.243. The third-order valence-corrected chi connectivity index (χ3v) is 4.97. The van der Waals surface area contributed by atoms with E-state index in [0.717, 1.165) is 31.0 Å². The summed E-state index contributed by atoms with van der Waals surface area (Å²) in [6, 6.07) is 14.7. The SMILES string of the molecule is CCCCCN1CCc2cc(OCc3ccccc3)c(OCC)cc2C1. The number of hydrogen-bond donors (Lipinski definition) is 0. The minimum Gasteiger partial charge on any atom is -0.490 e. The number of nitrogens with zero attached hydrogens (tertiary/aromatic N) is 1. The summed E-state index contributed by atoms with van der Waals surface area (Å²) in [4.78, 5) is 2.57. The van der Waals surface area contributed by atoms with Crippen molar-refractivity contribution >= 4 is 0 Å². The summed E-state index contributed by atoms with van der Waals surface area (Å²) in [6.45, 7) is 8.88. The van der Waals surface area contributed by atoms with Gasteiger partial charge < -0.3 is 9.47 Å². The van der Waals surface area contributed by atoms with Gasteiger partial charge in [0.15, 0.2) is 11.5 Å². The first kappa shape index (κ1) is 18.8. The summed E-state index contributed by atoms with van der Waals surface area (Å²) < 4.78 is 12.0. The van der Waals surface area contributed by atoms with Crippen molar-refractivity contribution in [2.24, 2.45) is 0 Å². The average molecular weight is 354 g/mol. The van der Waals surface area contributed by atoms with E-state index in [0.29, 0.717) is 13.2 Å². The average Bonchev–Trinajstić information content (AvgIpc) is 2.67. The Kier molecular flexibility index (Phi) is 6.96. The number of rotatable bonds is 9. The Bertz CT molecular complexity index is 684. The molecule has 0 fully saturated rings. The summed E-state index contributed by atoms with van der Waals surface area (Å²) in [5.74, 6) is 1.74. The molecule has 0 radical (unpaired) electrons. The van der Waals surface area contributed by atoms with Crippen molar-refractivity contribution in [3.63, 3.8) is 0 Å². The van der Waals surface area contributed by atoms with E-state index < -0.39 is 0 Å². The summed E-state index contributed by atoms with van der Waals surface area (Å²) >= 11 is 0. The standard InChI is InChI=1S/C23H31NO2/c1-3-5-9-13-24-14-12-20-15-23(22(25-4-2)16-21(20)17-24)26-18-19-10-7-6-8-11-19/h6-8,10-11,15-16H,3-5,9,12-14,17-18H2,1-2H3. The van der Waals surface area contributed by atoms with Crippen LogP contribution in [0.5, 0.6) is 11.5 Å². The molecule has 0 atom stereocenters. The Morgan fingerprint density at radius 1 is 0.923 bits per heavy atom. The molecule has 0 saturated heterocycles. The Morgan fingerprint density at radius 3 is 2.46 bits per heavy atom. The molecule has 1 heterocycles. The number of ether oxygens (including phenoxy) is 2. The van der Waals surface area contributed by atoms with Gasteiger partial charge in [0.2, 0.25) is 0 Å². The van der Waals surface area contributed by atoms with Crippen molar-refractivity contribution in [1.29, 1.82) is 0 Å². The maximum absolute atomic E-state index is 6.11. The van der Waals surface area contributed by atoms with Crippen LogP contribution in [0.1, 0.15) is 49.8 Å². The maximum Gasteiger partial charge on any atom is 0.161 e. The number of fused-ring (bicyclic) bond motifs is 1. The fourth-order valence-electron chi connectivity index (χ4n) is 3.52. The lowest BCUT2D eigenvalue weighted by Crippen LogP contribution is -2.31. The molecule has 0 N–H and O–H groups in total. The molecule has 0 amide bonds. The van der Waals surface area contributed by atoms with Gasteiger partial charge in [-0.1, -0.05) is 50.1 Å². The van der Waals surface area contributed by atoms with Gasteiger partial charge in [-0.2, -0.15) is 0 Å². The Hall–Kier alpha value is -2.00. The van der Waals surface area contributed by atoms with Gasteiger partial charge in [0.25, 0.3) is 0 Å². The molecule has 3 nitrogen and oxygen atoms in total. The van der Waals surface area contributed by atoms with E-state index >= 15 is 0 Å². The molecule has 1 aliphatic heterocycles. The second-order valence-corrected chi connectivity index (χ2v) is 7.01. The van der Waals surface area contributed by atoms with E-state index in [2.05, 4.69) is 36.1 Å². The fourth-order valence-corrected chi connectivity index (χ4v) is 3.52. The summed E-state index contributed by atoms with van der Waals surface area (Å²) in [5.41, 5.74) is 3.97. The lowest BCUT2D eigenvalue weighted by atomic mass is 9.98. The van der Waals surface area contributed by atoms with Crippen molar-refractivity contribution in [1.82, 2.24) is 4.90 Å². The van der Waals surface area contributed by atoms with Gasteiger partial charge in [-0.05, 0) is 55.1 Å². The first-order valence-electron chi connectivity index (χ1n) is 9.97. The smallest absolute Gasteiger partial charge is 0.161 e. The molecule has 1 aliphatic rings. The number of unbranched alkanes of at least 4 members (excludes halogenated alkanes) is 2. The summed E-state index contributed by atoms with van der Waals surface area (Å²) in [5, 5.41) is 0. The molecule has 0 bridgehead atoms. The van der Waals surface area contributed by atoms with Gasteiger partial charge >= 0.3 is 0 Å². The van der Waals surface area contributed by atoms with E-state index in [4.69, 9.17) is 9.47 Å². The highest BCUT2D eigenvalue weighted by Crippen LogP contribution is 2.34. The first-order valence-corrected chi connectivity index (χ1v) is 9.97.